The van der Waals surface area contributed by atoms with E-state index in [2.05, 4.69) is 20.8 Å². The minimum atomic E-state index is 0.179. The van der Waals surface area contributed by atoms with Crippen molar-refractivity contribution in [2.45, 2.75) is 59.0 Å². The molecule has 1 atom stereocenters. The molecule has 0 aliphatic rings. The first kappa shape index (κ1) is 14.9. The number of unbranched alkanes of at least 4 members (excludes halogenated alkanes) is 2. The van der Waals surface area contributed by atoms with Gasteiger partial charge in [-0.25, -0.2) is 9.78 Å². The fraction of sp³-hybridized carbons (Fsp3) is 1.00. The van der Waals surface area contributed by atoms with E-state index < -0.39 is 0 Å². The molecule has 3 nitrogen and oxygen atoms in total. The normalized spacial score (nSPS) is 13.0. The van der Waals surface area contributed by atoms with Crippen molar-refractivity contribution in [1.82, 2.24) is 0 Å². The van der Waals surface area contributed by atoms with E-state index >= 15 is 0 Å². The molecule has 0 amide bonds. The Bertz CT molecular complexity index is 117. The van der Waals surface area contributed by atoms with E-state index in [4.69, 9.17) is 14.5 Å². The van der Waals surface area contributed by atoms with Crippen molar-refractivity contribution < 1.29 is 14.5 Å². The van der Waals surface area contributed by atoms with Crippen LogP contribution in [0.2, 0.25) is 0 Å². The van der Waals surface area contributed by atoms with Crippen LogP contribution in [0.3, 0.4) is 0 Å². The third kappa shape index (κ3) is 10.2. The van der Waals surface area contributed by atoms with Crippen molar-refractivity contribution in [1.29, 1.82) is 0 Å². The molecule has 0 fully saturated rings. The summed E-state index contributed by atoms with van der Waals surface area (Å²) in [4.78, 5) is 10.1. The highest BCUT2D eigenvalue weighted by atomic mass is 17.2. The maximum Gasteiger partial charge on any atom is 0.108 e. The predicted octanol–water partition coefficient (Wildman–Crippen LogP) is 3.33. The van der Waals surface area contributed by atoms with Crippen LogP contribution in [0.15, 0.2) is 0 Å². The first-order valence-corrected chi connectivity index (χ1v) is 6.21. The summed E-state index contributed by atoms with van der Waals surface area (Å²) in [7, 11) is 0. The molecule has 0 heterocycles. The molecule has 0 spiro atoms. The quantitative estimate of drug-likeness (QED) is 0.302. The van der Waals surface area contributed by atoms with Gasteiger partial charge in [-0.05, 0) is 19.3 Å². The lowest BCUT2D eigenvalue weighted by Gasteiger charge is -2.15. The zero-order chi connectivity index (χ0) is 11.4. The lowest BCUT2D eigenvalue weighted by Crippen LogP contribution is -2.20. The molecule has 0 N–H and O–H groups in total. The number of hydrogen-bond acceptors (Lipinski definition) is 3. The molecular weight excluding hydrogens is 192 g/mol. The highest BCUT2D eigenvalue weighted by Gasteiger charge is 2.06. The number of ether oxygens (including phenoxy) is 1. The average Bonchev–Trinajstić information content (AvgIpc) is 2.26. The summed E-state index contributed by atoms with van der Waals surface area (Å²) < 4.78 is 5.63. The van der Waals surface area contributed by atoms with Gasteiger partial charge in [0.2, 0.25) is 0 Å². The zero-order valence-corrected chi connectivity index (χ0v) is 10.5. The van der Waals surface area contributed by atoms with E-state index in [-0.39, 0.29) is 6.10 Å². The van der Waals surface area contributed by atoms with Gasteiger partial charge < -0.3 is 4.74 Å². The summed E-state index contributed by atoms with van der Waals surface area (Å²) in [6, 6.07) is 0. The molecule has 0 aliphatic carbocycles. The Labute approximate surface area is 94.0 Å². The molecule has 3 heteroatoms. The van der Waals surface area contributed by atoms with Crippen LogP contribution < -0.4 is 0 Å². The third-order valence-corrected chi connectivity index (χ3v) is 2.23. The van der Waals surface area contributed by atoms with E-state index in [0.29, 0.717) is 13.2 Å². The van der Waals surface area contributed by atoms with Gasteiger partial charge in [0.05, 0.1) is 12.7 Å². The fourth-order valence-electron chi connectivity index (χ4n) is 1.06. The standard InChI is InChI=1S/C12H26O3/c1-4-7-9-13-12(6-3)11-15-14-10-8-5-2/h12H,4-11H2,1-3H3. The van der Waals surface area contributed by atoms with Gasteiger partial charge in [0.1, 0.15) is 6.61 Å². The van der Waals surface area contributed by atoms with E-state index in [1.54, 1.807) is 0 Å². The maximum atomic E-state index is 5.63. The van der Waals surface area contributed by atoms with Crippen LogP contribution in [0.5, 0.6) is 0 Å². The summed E-state index contributed by atoms with van der Waals surface area (Å²) >= 11 is 0. The predicted molar refractivity (Wildman–Crippen MR) is 61.8 cm³/mol. The van der Waals surface area contributed by atoms with Crippen LogP contribution >= 0.6 is 0 Å². The molecule has 0 aromatic heterocycles. The van der Waals surface area contributed by atoms with Crippen LogP contribution in [0.4, 0.5) is 0 Å². The second-order valence-electron chi connectivity index (χ2n) is 3.71. The molecular formula is C12H26O3. The Morgan fingerprint density at radius 1 is 0.867 bits per heavy atom. The Morgan fingerprint density at radius 2 is 1.53 bits per heavy atom. The van der Waals surface area contributed by atoms with Gasteiger partial charge in [-0.3, -0.25) is 0 Å². The smallest absolute Gasteiger partial charge is 0.108 e. The van der Waals surface area contributed by atoms with E-state index in [0.717, 1.165) is 32.3 Å². The summed E-state index contributed by atoms with van der Waals surface area (Å²) in [6.07, 6.45) is 5.62. The summed E-state index contributed by atoms with van der Waals surface area (Å²) in [5.74, 6) is 0. The van der Waals surface area contributed by atoms with Crippen LogP contribution in [0.1, 0.15) is 52.9 Å². The Morgan fingerprint density at radius 3 is 2.13 bits per heavy atom. The van der Waals surface area contributed by atoms with Gasteiger partial charge in [-0.1, -0.05) is 33.6 Å². The highest BCUT2D eigenvalue weighted by Crippen LogP contribution is 2.01. The van der Waals surface area contributed by atoms with E-state index in [9.17, 15) is 0 Å². The highest BCUT2D eigenvalue weighted by molar-refractivity contribution is 4.51. The van der Waals surface area contributed by atoms with Crippen molar-refractivity contribution >= 4 is 0 Å². The fourth-order valence-corrected chi connectivity index (χ4v) is 1.06. The van der Waals surface area contributed by atoms with Crippen LogP contribution in [0, 0.1) is 0 Å². The van der Waals surface area contributed by atoms with E-state index in [1.807, 2.05) is 0 Å². The molecule has 0 bridgehead atoms. The van der Waals surface area contributed by atoms with Crippen LogP contribution in [-0.4, -0.2) is 25.9 Å². The van der Waals surface area contributed by atoms with Crippen molar-refractivity contribution in [2.24, 2.45) is 0 Å². The largest absolute Gasteiger partial charge is 0.376 e. The first-order valence-electron chi connectivity index (χ1n) is 6.21. The maximum absolute atomic E-state index is 5.63. The third-order valence-electron chi connectivity index (χ3n) is 2.23. The van der Waals surface area contributed by atoms with Crippen LogP contribution in [-0.2, 0) is 14.5 Å². The lowest BCUT2D eigenvalue weighted by molar-refractivity contribution is -0.307. The Balaban J connectivity index is 3.28. The van der Waals surface area contributed by atoms with Gasteiger partial charge in [0, 0.05) is 6.61 Å². The zero-order valence-electron chi connectivity index (χ0n) is 10.5. The average molecular weight is 218 g/mol. The molecule has 0 radical (unpaired) electrons. The van der Waals surface area contributed by atoms with Crippen LogP contribution in [0.25, 0.3) is 0 Å². The van der Waals surface area contributed by atoms with Gasteiger partial charge in [-0.2, -0.15) is 0 Å². The van der Waals surface area contributed by atoms with Crippen molar-refractivity contribution in [2.75, 3.05) is 19.8 Å². The first-order chi connectivity index (χ1) is 7.35. The van der Waals surface area contributed by atoms with Gasteiger partial charge >= 0.3 is 0 Å². The second kappa shape index (κ2) is 12.0. The van der Waals surface area contributed by atoms with Crippen molar-refractivity contribution in [3.63, 3.8) is 0 Å². The molecule has 1 unspecified atom stereocenters. The number of hydrogen-bond donors (Lipinski definition) is 0. The summed E-state index contributed by atoms with van der Waals surface area (Å²) in [6.45, 7) is 8.45. The summed E-state index contributed by atoms with van der Waals surface area (Å²) in [5, 5.41) is 0. The molecule has 92 valence electrons. The van der Waals surface area contributed by atoms with Gasteiger partial charge in [-0.15, -0.1) is 0 Å². The van der Waals surface area contributed by atoms with Gasteiger partial charge in [0.25, 0.3) is 0 Å². The second-order valence-corrected chi connectivity index (χ2v) is 3.71. The van der Waals surface area contributed by atoms with E-state index in [1.165, 1.54) is 6.42 Å². The topological polar surface area (TPSA) is 27.7 Å². The minimum Gasteiger partial charge on any atom is -0.376 e. The van der Waals surface area contributed by atoms with Crippen molar-refractivity contribution in [3.05, 3.63) is 0 Å². The molecule has 0 saturated carbocycles. The minimum absolute atomic E-state index is 0.179. The monoisotopic (exact) mass is 218 g/mol. The Hall–Kier alpha value is -0.120. The SMILES string of the molecule is CCCCOOCC(CC)OCCCC. The Kier molecular flexibility index (Phi) is 11.9. The molecule has 0 aromatic rings. The lowest BCUT2D eigenvalue weighted by atomic mass is 10.3. The van der Waals surface area contributed by atoms with Crippen molar-refractivity contribution in [3.8, 4) is 0 Å². The molecule has 15 heavy (non-hydrogen) atoms. The molecule has 0 aliphatic heterocycles. The van der Waals surface area contributed by atoms with Gasteiger partial charge in [0.15, 0.2) is 0 Å². The number of rotatable bonds is 11. The summed E-state index contributed by atoms with van der Waals surface area (Å²) in [5.41, 5.74) is 0. The molecule has 0 saturated heterocycles. The molecule has 0 rings (SSSR count). The molecule has 0 aromatic carbocycles.